The van der Waals surface area contributed by atoms with Gasteiger partial charge in [0.1, 0.15) is 17.7 Å². The van der Waals surface area contributed by atoms with Crippen molar-refractivity contribution in [3.63, 3.8) is 0 Å². The van der Waals surface area contributed by atoms with Crippen molar-refractivity contribution >= 4 is 11.6 Å². The first-order valence-electron chi connectivity index (χ1n) is 8.30. The van der Waals surface area contributed by atoms with Crippen molar-refractivity contribution in [3.8, 4) is 11.3 Å². The summed E-state index contributed by atoms with van der Waals surface area (Å²) in [7, 11) is 0. The Labute approximate surface area is 150 Å². The summed E-state index contributed by atoms with van der Waals surface area (Å²) >= 11 is 0. The second-order valence-corrected chi connectivity index (χ2v) is 5.92. The largest absolute Gasteiger partial charge is 0.345 e. The van der Waals surface area contributed by atoms with Gasteiger partial charge < -0.3 is 5.32 Å². The minimum Gasteiger partial charge on any atom is -0.345 e. The van der Waals surface area contributed by atoms with Crippen LogP contribution in [0.3, 0.4) is 0 Å². The van der Waals surface area contributed by atoms with Crippen LogP contribution in [-0.2, 0) is 6.54 Å². The number of carbonyl (C=O) groups is 1. The molecule has 128 valence electrons. The van der Waals surface area contributed by atoms with Crippen molar-refractivity contribution in [2.75, 3.05) is 0 Å². The molecular formula is C20H17N5O. The summed E-state index contributed by atoms with van der Waals surface area (Å²) in [5.74, 6) is -0.180. The molecule has 6 nitrogen and oxygen atoms in total. The number of aryl methyl sites for hydroxylation is 1. The zero-order chi connectivity index (χ0) is 17.9. The molecule has 3 aromatic heterocycles. The van der Waals surface area contributed by atoms with Gasteiger partial charge in [-0.05, 0) is 25.1 Å². The molecule has 1 N–H and O–H groups in total. The topological polar surface area (TPSA) is 72.2 Å². The molecule has 1 aromatic carbocycles. The quantitative estimate of drug-likeness (QED) is 0.618. The highest BCUT2D eigenvalue weighted by atomic mass is 16.1. The standard InChI is InChI=1S/C20H17N5O/c1-14-19(25-10-6-5-9-18(25)24-14)20(26)21-12-16-11-17(23-13-22-16)15-7-3-2-4-8-15/h2-11,13H,12H2,1H3,(H,21,26). The van der Waals surface area contributed by atoms with Gasteiger partial charge in [0, 0.05) is 11.8 Å². The normalized spacial score (nSPS) is 10.8. The molecular weight excluding hydrogens is 326 g/mol. The van der Waals surface area contributed by atoms with Gasteiger partial charge in [-0.1, -0.05) is 36.4 Å². The molecule has 3 heterocycles. The predicted octanol–water partition coefficient (Wildman–Crippen LogP) is 3.03. The Balaban J connectivity index is 1.54. The van der Waals surface area contributed by atoms with E-state index in [2.05, 4.69) is 20.3 Å². The number of nitrogens with one attached hydrogen (secondary N) is 1. The van der Waals surface area contributed by atoms with Crippen LogP contribution in [0, 0.1) is 6.92 Å². The third-order valence-electron chi connectivity index (χ3n) is 4.14. The first kappa shape index (κ1) is 16.0. The van der Waals surface area contributed by atoms with E-state index in [1.165, 1.54) is 6.33 Å². The molecule has 0 saturated heterocycles. The maximum atomic E-state index is 12.7. The molecule has 0 saturated carbocycles. The molecule has 0 radical (unpaired) electrons. The lowest BCUT2D eigenvalue weighted by atomic mass is 10.1. The minimum absolute atomic E-state index is 0.180. The monoisotopic (exact) mass is 343 g/mol. The van der Waals surface area contributed by atoms with Gasteiger partial charge in [-0.25, -0.2) is 15.0 Å². The highest BCUT2D eigenvalue weighted by Crippen LogP contribution is 2.16. The van der Waals surface area contributed by atoms with E-state index < -0.39 is 0 Å². The summed E-state index contributed by atoms with van der Waals surface area (Å²) in [6.07, 6.45) is 3.35. The molecule has 6 heteroatoms. The van der Waals surface area contributed by atoms with Crippen LogP contribution in [-0.4, -0.2) is 25.3 Å². The lowest BCUT2D eigenvalue weighted by Crippen LogP contribution is -2.25. The van der Waals surface area contributed by atoms with Gasteiger partial charge in [-0.15, -0.1) is 0 Å². The average molecular weight is 343 g/mol. The zero-order valence-corrected chi connectivity index (χ0v) is 14.3. The van der Waals surface area contributed by atoms with E-state index in [1.807, 2.05) is 67.7 Å². The highest BCUT2D eigenvalue weighted by Gasteiger charge is 2.16. The Bertz CT molecular complexity index is 1070. The Kier molecular flexibility index (Phi) is 4.15. The van der Waals surface area contributed by atoms with E-state index in [0.717, 1.165) is 22.6 Å². The van der Waals surface area contributed by atoms with Gasteiger partial charge in [0.2, 0.25) is 0 Å². The third-order valence-corrected chi connectivity index (χ3v) is 4.14. The van der Waals surface area contributed by atoms with Crippen LogP contribution in [0.5, 0.6) is 0 Å². The van der Waals surface area contributed by atoms with Crippen LogP contribution in [0.15, 0.2) is 67.1 Å². The lowest BCUT2D eigenvalue weighted by molar-refractivity contribution is 0.0944. The number of benzene rings is 1. The molecule has 0 atom stereocenters. The highest BCUT2D eigenvalue weighted by molar-refractivity contribution is 5.94. The fourth-order valence-corrected chi connectivity index (χ4v) is 2.90. The molecule has 0 spiro atoms. The maximum Gasteiger partial charge on any atom is 0.270 e. The first-order valence-corrected chi connectivity index (χ1v) is 8.30. The number of hydrogen-bond acceptors (Lipinski definition) is 4. The maximum absolute atomic E-state index is 12.7. The van der Waals surface area contributed by atoms with Crippen molar-refractivity contribution in [2.24, 2.45) is 0 Å². The molecule has 0 aliphatic carbocycles. The number of nitrogens with zero attached hydrogens (tertiary/aromatic N) is 4. The van der Waals surface area contributed by atoms with Crippen molar-refractivity contribution < 1.29 is 4.79 Å². The summed E-state index contributed by atoms with van der Waals surface area (Å²) in [4.78, 5) is 25.6. The van der Waals surface area contributed by atoms with E-state index in [1.54, 1.807) is 4.40 Å². The van der Waals surface area contributed by atoms with Crippen molar-refractivity contribution in [1.82, 2.24) is 24.7 Å². The molecule has 0 bridgehead atoms. The molecule has 0 aliphatic rings. The number of aromatic nitrogens is 4. The average Bonchev–Trinajstić information content (AvgIpc) is 3.03. The smallest absolute Gasteiger partial charge is 0.270 e. The molecule has 4 rings (SSSR count). The Morgan fingerprint density at radius 3 is 2.73 bits per heavy atom. The zero-order valence-electron chi connectivity index (χ0n) is 14.3. The Morgan fingerprint density at radius 2 is 1.88 bits per heavy atom. The van der Waals surface area contributed by atoms with Crippen LogP contribution in [0.1, 0.15) is 21.9 Å². The first-order chi connectivity index (χ1) is 12.7. The number of imidazole rings is 1. The second kappa shape index (κ2) is 6.76. The molecule has 0 unspecified atom stereocenters. The lowest BCUT2D eigenvalue weighted by Gasteiger charge is -2.07. The van der Waals surface area contributed by atoms with E-state index in [0.29, 0.717) is 17.9 Å². The summed E-state index contributed by atoms with van der Waals surface area (Å²) in [6, 6.07) is 17.4. The van der Waals surface area contributed by atoms with Gasteiger partial charge in [0.05, 0.1) is 23.6 Å². The number of hydrogen-bond donors (Lipinski definition) is 1. The van der Waals surface area contributed by atoms with Crippen LogP contribution in [0.4, 0.5) is 0 Å². The van der Waals surface area contributed by atoms with Crippen molar-refractivity contribution in [2.45, 2.75) is 13.5 Å². The number of carbonyl (C=O) groups excluding carboxylic acids is 1. The number of rotatable bonds is 4. The summed E-state index contributed by atoms with van der Waals surface area (Å²) in [5, 5.41) is 2.92. The van der Waals surface area contributed by atoms with Gasteiger partial charge in [0.15, 0.2) is 0 Å². The molecule has 0 aliphatic heterocycles. The van der Waals surface area contributed by atoms with Gasteiger partial charge >= 0.3 is 0 Å². The summed E-state index contributed by atoms with van der Waals surface area (Å²) < 4.78 is 1.79. The number of fused-ring (bicyclic) bond motifs is 1. The van der Waals surface area contributed by atoms with Crippen LogP contribution in [0.2, 0.25) is 0 Å². The predicted molar refractivity (Wildman–Crippen MR) is 98.6 cm³/mol. The van der Waals surface area contributed by atoms with Gasteiger partial charge in [-0.2, -0.15) is 0 Å². The SMILES string of the molecule is Cc1nc2ccccn2c1C(=O)NCc1cc(-c2ccccc2)ncn1. The van der Waals surface area contributed by atoms with Crippen LogP contribution < -0.4 is 5.32 Å². The molecule has 1 amide bonds. The summed E-state index contributed by atoms with van der Waals surface area (Å²) in [5.41, 5.74) is 4.58. The van der Waals surface area contributed by atoms with Crippen molar-refractivity contribution in [1.29, 1.82) is 0 Å². The minimum atomic E-state index is -0.180. The Hall–Kier alpha value is -3.54. The van der Waals surface area contributed by atoms with Gasteiger partial charge in [-0.3, -0.25) is 9.20 Å². The molecule has 26 heavy (non-hydrogen) atoms. The van der Waals surface area contributed by atoms with Crippen LogP contribution >= 0.6 is 0 Å². The molecule has 4 aromatic rings. The fourth-order valence-electron chi connectivity index (χ4n) is 2.90. The van der Waals surface area contributed by atoms with E-state index in [4.69, 9.17) is 0 Å². The summed E-state index contributed by atoms with van der Waals surface area (Å²) in [6.45, 7) is 2.15. The van der Waals surface area contributed by atoms with E-state index >= 15 is 0 Å². The van der Waals surface area contributed by atoms with E-state index in [-0.39, 0.29) is 5.91 Å². The van der Waals surface area contributed by atoms with Crippen LogP contribution in [0.25, 0.3) is 16.9 Å². The number of pyridine rings is 1. The Morgan fingerprint density at radius 1 is 1.08 bits per heavy atom. The fraction of sp³-hybridized carbons (Fsp3) is 0.100. The van der Waals surface area contributed by atoms with Crippen molar-refractivity contribution in [3.05, 3.63) is 84.2 Å². The second-order valence-electron chi connectivity index (χ2n) is 5.92. The van der Waals surface area contributed by atoms with E-state index in [9.17, 15) is 4.79 Å². The third kappa shape index (κ3) is 3.04. The number of amides is 1. The van der Waals surface area contributed by atoms with Gasteiger partial charge in [0.25, 0.3) is 5.91 Å². The molecule has 0 fully saturated rings.